The van der Waals surface area contributed by atoms with Crippen LogP contribution in [-0.4, -0.2) is 23.9 Å². The number of hydrogen-bond acceptors (Lipinski definition) is 3. The standard InChI is InChI=1S/C13H18N2O/c1-9(2)13(16)10-4-7-12(14-8-10)15(3)11-5-6-11/h4,7-9,11H,5-6H2,1-3H3. The summed E-state index contributed by atoms with van der Waals surface area (Å²) in [5.41, 5.74) is 0.711. The molecule has 1 aliphatic carbocycles. The normalized spacial score (nSPS) is 15.2. The van der Waals surface area contributed by atoms with Gasteiger partial charge in [0.05, 0.1) is 0 Å². The zero-order chi connectivity index (χ0) is 11.7. The van der Waals surface area contributed by atoms with Gasteiger partial charge in [-0.1, -0.05) is 13.8 Å². The summed E-state index contributed by atoms with van der Waals surface area (Å²) in [4.78, 5) is 18.3. The molecule has 0 spiro atoms. The Bertz CT molecular complexity index is 379. The van der Waals surface area contributed by atoms with E-state index in [0.717, 1.165) is 5.82 Å². The molecule has 3 nitrogen and oxygen atoms in total. The molecule has 86 valence electrons. The lowest BCUT2D eigenvalue weighted by atomic mass is 10.0. The van der Waals surface area contributed by atoms with Crippen molar-refractivity contribution < 1.29 is 4.79 Å². The van der Waals surface area contributed by atoms with Crippen LogP contribution in [0.2, 0.25) is 0 Å². The molecule has 0 saturated heterocycles. The highest BCUT2D eigenvalue weighted by Gasteiger charge is 2.27. The van der Waals surface area contributed by atoms with Crippen LogP contribution in [0, 0.1) is 5.92 Å². The number of rotatable bonds is 4. The predicted octanol–water partition coefficient (Wildman–Crippen LogP) is 2.52. The number of aromatic nitrogens is 1. The van der Waals surface area contributed by atoms with Gasteiger partial charge in [0.2, 0.25) is 0 Å². The Kier molecular flexibility index (Phi) is 2.95. The number of Topliss-reactive ketones (excluding diaryl/α,β-unsaturated/α-hetero) is 1. The van der Waals surface area contributed by atoms with Crippen LogP contribution in [0.15, 0.2) is 18.3 Å². The summed E-state index contributed by atoms with van der Waals surface area (Å²) in [6.45, 7) is 3.82. The van der Waals surface area contributed by atoms with Crippen molar-refractivity contribution >= 4 is 11.6 Å². The van der Waals surface area contributed by atoms with Gasteiger partial charge < -0.3 is 4.90 Å². The van der Waals surface area contributed by atoms with E-state index >= 15 is 0 Å². The van der Waals surface area contributed by atoms with Gasteiger partial charge in [-0.3, -0.25) is 4.79 Å². The number of carbonyl (C=O) groups excluding carboxylic acids is 1. The topological polar surface area (TPSA) is 33.2 Å². The van der Waals surface area contributed by atoms with E-state index in [9.17, 15) is 4.79 Å². The second-order valence-corrected chi connectivity index (χ2v) is 4.77. The summed E-state index contributed by atoms with van der Waals surface area (Å²) in [6, 6.07) is 4.47. The minimum Gasteiger partial charge on any atom is -0.357 e. The number of ketones is 1. The van der Waals surface area contributed by atoms with Crippen LogP contribution < -0.4 is 4.90 Å². The fraction of sp³-hybridized carbons (Fsp3) is 0.538. The number of hydrogen-bond donors (Lipinski definition) is 0. The molecule has 0 amide bonds. The van der Waals surface area contributed by atoms with Crippen LogP contribution in [0.25, 0.3) is 0 Å². The molecule has 0 N–H and O–H groups in total. The molecule has 1 aliphatic rings. The highest BCUT2D eigenvalue weighted by molar-refractivity contribution is 5.97. The first-order valence-electron chi connectivity index (χ1n) is 5.82. The molecule has 0 unspecified atom stereocenters. The first-order chi connectivity index (χ1) is 7.59. The molecule has 1 fully saturated rings. The highest BCUT2D eigenvalue weighted by atomic mass is 16.1. The fourth-order valence-corrected chi connectivity index (χ4v) is 1.72. The average Bonchev–Trinajstić information content (AvgIpc) is 3.11. The maximum absolute atomic E-state index is 11.7. The van der Waals surface area contributed by atoms with Gasteiger partial charge in [-0.05, 0) is 25.0 Å². The van der Waals surface area contributed by atoms with Crippen molar-refractivity contribution in [3.8, 4) is 0 Å². The zero-order valence-electron chi connectivity index (χ0n) is 10.1. The smallest absolute Gasteiger partial charge is 0.166 e. The zero-order valence-corrected chi connectivity index (χ0v) is 10.1. The molecule has 1 saturated carbocycles. The molecule has 0 bridgehead atoms. The Hall–Kier alpha value is -1.38. The van der Waals surface area contributed by atoms with E-state index in [1.165, 1.54) is 12.8 Å². The Labute approximate surface area is 96.5 Å². The van der Waals surface area contributed by atoms with Crippen molar-refractivity contribution in [3.05, 3.63) is 23.9 Å². The van der Waals surface area contributed by atoms with E-state index < -0.39 is 0 Å². The fourth-order valence-electron chi connectivity index (χ4n) is 1.72. The molecule has 0 aromatic carbocycles. The molecule has 2 rings (SSSR count). The van der Waals surface area contributed by atoms with Crippen LogP contribution in [0.5, 0.6) is 0 Å². The highest BCUT2D eigenvalue weighted by Crippen LogP contribution is 2.28. The second-order valence-electron chi connectivity index (χ2n) is 4.77. The van der Waals surface area contributed by atoms with Gasteiger partial charge in [0.25, 0.3) is 0 Å². The van der Waals surface area contributed by atoms with Crippen LogP contribution in [0.3, 0.4) is 0 Å². The van der Waals surface area contributed by atoms with Gasteiger partial charge in [-0.2, -0.15) is 0 Å². The van der Waals surface area contributed by atoms with Gasteiger partial charge >= 0.3 is 0 Å². The van der Waals surface area contributed by atoms with Crippen LogP contribution >= 0.6 is 0 Å². The first-order valence-corrected chi connectivity index (χ1v) is 5.82. The first kappa shape index (κ1) is 11.1. The van der Waals surface area contributed by atoms with Gasteiger partial charge in [0, 0.05) is 30.8 Å². The maximum atomic E-state index is 11.7. The van der Waals surface area contributed by atoms with E-state index in [4.69, 9.17) is 0 Å². The van der Waals surface area contributed by atoms with E-state index in [1.807, 2.05) is 26.0 Å². The van der Waals surface area contributed by atoms with Gasteiger partial charge in [-0.25, -0.2) is 4.98 Å². The molecule has 3 heteroatoms. The molecule has 0 aliphatic heterocycles. The summed E-state index contributed by atoms with van der Waals surface area (Å²) >= 11 is 0. The summed E-state index contributed by atoms with van der Waals surface area (Å²) in [7, 11) is 2.06. The number of carbonyl (C=O) groups is 1. The third kappa shape index (κ3) is 2.23. The lowest BCUT2D eigenvalue weighted by Crippen LogP contribution is -2.20. The average molecular weight is 218 g/mol. The molecule has 1 aromatic heterocycles. The largest absolute Gasteiger partial charge is 0.357 e. The Morgan fingerprint density at radius 2 is 2.12 bits per heavy atom. The lowest BCUT2D eigenvalue weighted by Gasteiger charge is -2.17. The van der Waals surface area contributed by atoms with Crippen molar-refractivity contribution in [2.75, 3.05) is 11.9 Å². The van der Waals surface area contributed by atoms with Crippen LogP contribution in [-0.2, 0) is 0 Å². The van der Waals surface area contributed by atoms with Crippen LogP contribution in [0.1, 0.15) is 37.0 Å². The van der Waals surface area contributed by atoms with Gasteiger partial charge in [-0.15, -0.1) is 0 Å². The summed E-state index contributed by atoms with van der Waals surface area (Å²) < 4.78 is 0. The second kappa shape index (κ2) is 4.24. The van der Waals surface area contributed by atoms with E-state index in [2.05, 4.69) is 16.9 Å². The third-order valence-electron chi connectivity index (χ3n) is 3.01. The van der Waals surface area contributed by atoms with Crippen molar-refractivity contribution in [2.45, 2.75) is 32.7 Å². The van der Waals surface area contributed by atoms with Crippen molar-refractivity contribution in [2.24, 2.45) is 5.92 Å². The third-order valence-corrected chi connectivity index (χ3v) is 3.01. The summed E-state index contributed by atoms with van der Waals surface area (Å²) in [5, 5.41) is 0. The Morgan fingerprint density at radius 3 is 2.56 bits per heavy atom. The van der Waals surface area contributed by atoms with E-state index in [-0.39, 0.29) is 11.7 Å². The Balaban J connectivity index is 2.12. The Morgan fingerprint density at radius 1 is 1.44 bits per heavy atom. The number of anilines is 1. The molecule has 0 atom stereocenters. The molecule has 1 aromatic rings. The quantitative estimate of drug-likeness (QED) is 0.728. The van der Waals surface area contributed by atoms with Gasteiger partial charge in [0.1, 0.15) is 5.82 Å². The summed E-state index contributed by atoms with van der Waals surface area (Å²) in [6.07, 6.45) is 4.20. The van der Waals surface area contributed by atoms with Gasteiger partial charge in [0.15, 0.2) is 5.78 Å². The molecular formula is C13H18N2O. The van der Waals surface area contributed by atoms with Crippen LogP contribution in [0.4, 0.5) is 5.82 Å². The van der Waals surface area contributed by atoms with Crippen molar-refractivity contribution in [3.63, 3.8) is 0 Å². The van der Waals surface area contributed by atoms with E-state index in [1.54, 1.807) is 6.20 Å². The minimum absolute atomic E-state index is 0.0359. The lowest BCUT2D eigenvalue weighted by molar-refractivity contribution is 0.0939. The molecular weight excluding hydrogens is 200 g/mol. The number of nitrogens with zero attached hydrogens (tertiary/aromatic N) is 2. The monoisotopic (exact) mass is 218 g/mol. The van der Waals surface area contributed by atoms with Crippen molar-refractivity contribution in [1.29, 1.82) is 0 Å². The van der Waals surface area contributed by atoms with Crippen molar-refractivity contribution in [1.82, 2.24) is 4.98 Å². The SMILES string of the molecule is CC(C)C(=O)c1ccc(N(C)C2CC2)nc1. The maximum Gasteiger partial charge on any atom is 0.166 e. The summed E-state index contributed by atoms with van der Waals surface area (Å²) in [5.74, 6) is 1.16. The minimum atomic E-state index is 0.0359. The molecule has 16 heavy (non-hydrogen) atoms. The predicted molar refractivity (Wildman–Crippen MR) is 64.8 cm³/mol. The molecule has 1 heterocycles. The van der Waals surface area contributed by atoms with E-state index in [0.29, 0.717) is 11.6 Å². The number of pyridine rings is 1. The molecule has 0 radical (unpaired) electrons.